The molecular weight excluding hydrogens is 282 g/mol. The van der Waals surface area contributed by atoms with E-state index in [4.69, 9.17) is 9.84 Å². The minimum atomic E-state index is -1.51. The molecule has 0 aliphatic carbocycles. The SMILES string of the molecule is O=C(NN[C@@H]1O[C@H](CO)[C@H](O)[C@@H](O)[C@@H]1O)c1cccnc1. The van der Waals surface area contributed by atoms with Crippen molar-refractivity contribution in [1.29, 1.82) is 0 Å². The number of aromatic nitrogens is 1. The minimum absolute atomic E-state index is 0.287. The van der Waals surface area contributed by atoms with Crippen molar-refractivity contribution in [3.63, 3.8) is 0 Å². The molecule has 1 aliphatic rings. The molecule has 0 saturated carbocycles. The van der Waals surface area contributed by atoms with Crippen molar-refractivity contribution >= 4 is 5.91 Å². The first-order valence-corrected chi connectivity index (χ1v) is 6.31. The van der Waals surface area contributed by atoms with Gasteiger partial charge in [-0.3, -0.25) is 15.2 Å². The van der Waals surface area contributed by atoms with Gasteiger partial charge in [-0.25, -0.2) is 5.43 Å². The summed E-state index contributed by atoms with van der Waals surface area (Å²) >= 11 is 0. The topological polar surface area (TPSA) is 144 Å². The first-order chi connectivity index (χ1) is 10.0. The minimum Gasteiger partial charge on any atom is -0.394 e. The van der Waals surface area contributed by atoms with Crippen molar-refractivity contribution in [2.75, 3.05) is 6.61 Å². The van der Waals surface area contributed by atoms with Gasteiger partial charge in [0.15, 0.2) is 6.23 Å². The van der Waals surface area contributed by atoms with Crippen LogP contribution in [-0.4, -0.2) is 68.6 Å². The predicted octanol–water partition coefficient (Wildman–Crippen LogP) is -2.88. The van der Waals surface area contributed by atoms with Gasteiger partial charge in [-0.15, -0.1) is 0 Å². The molecule has 6 N–H and O–H groups in total. The number of aliphatic hydroxyl groups excluding tert-OH is 4. The Balaban J connectivity index is 1.94. The summed E-state index contributed by atoms with van der Waals surface area (Å²) in [6.07, 6.45) is -3.79. The largest absolute Gasteiger partial charge is 0.394 e. The standard InChI is InChI=1S/C12H17N3O6/c16-5-7-8(17)9(18)10(19)12(21-7)15-14-11(20)6-2-1-3-13-4-6/h1-4,7-10,12,15-19H,5H2,(H,14,20)/t7-,8+,9-,10+,12-/m1/s1. The van der Waals surface area contributed by atoms with Crippen LogP contribution in [0.3, 0.4) is 0 Å². The summed E-state index contributed by atoms with van der Waals surface area (Å²) in [6.45, 7) is -0.542. The Morgan fingerprint density at radius 1 is 1.29 bits per heavy atom. The third-order valence-electron chi connectivity index (χ3n) is 3.14. The van der Waals surface area contributed by atoms with Gasteiger partial charge in [-0.1, -0.05) is 0 Å². The fraction of sp³-hybridized carbons (Fsp3) is 0.500. The van der Waals surface area contributed by atoms with E-state index < -0.39 is 43.2 Å². The maximum atomic E-state index is 11.8. The van der Waals surface area contributed by atoms with Crippen LogP contribution in [0.5, 0.6) is 0 Å². The van der Waals surface area contributed by atoms with Crippen molar-refractivity contribution in [3.05, 3.63) is 30.1 Å². The molecule has 0 radical (unpaired) electrons. The number of carbonyl (C=O) groups excluding carboxylic acids is 1. The normalized spacial score (nSPS) is 32.7. The third kappa shape index (κ3) is 3.53. The average Bonchev–Trinajstić information content (AvgIpc) is 2.52. The zero-order valence-electron chi connectivity index (χ0n) is 11.0. The number of carbonyl (C=O) groups is 1. The van der Waals surface area contributed by atoms with Gasteiger partial charge in [0, 0.05) is 12.4 Å². The number of hydrogen-bond donors (Lipinski definition) is 6. The van der Waals surface area contributed by atoms with Crippen molar-refractivity contribution < 1.29 is 30.0 Å². The predicted molar refractivity (Wildman–Crippen MR) is 68.6 cm³/mol. The number of nitrogens with zero attached hydrogens (tertiary/aromatic N) is 1. The Kier molecular flexibility index (Phi) is 5.17. The molecule has 9 nitrogen and oxygen atoms in total. The van der Waals surface area contributed by atoms with Crippen LogP contribution in [0.2, 0.25) is 0 Å². The Hall–Kier alpha value is -1.62. The van der Waals surface area contributed by atoms with Crippen LogP contribution in [-0.2, 0) is 4.74 Å². The Morgan fingerprint density at radius 2 is 2.05 bits per heavy atom. The van der Waals surface area contributed by atoms with E-state index >= 15 is 0 Å². The first kappa shape index (κ1) is 15.8. The van der Waals surface area contributed by atoms with Gasteiger partial charge < -0.3 is 25.2 Å². The van der Waals surface area contributed by atoms with E-state index in [-0.39, 0.29) is 5.56 Å². The lowest BCUT2D eigenvalue weighted by Gasteiger charge is -2.40. The molecule has 0 aromatic carbocycles. The molecule has 0 bridgehead atoms. The summed E-state index contributed by atoms with van der Waals surface area (Å²) in [5.41, 5.74) is 4.98. The van der Waals surface area contributed by atoms with Gasteiger partial charge in [-0.05, 0) is 12.1 Å². The molecule has 2 rings (SSSR count). The molecule has 21 heavy (non-hydrogen) atoms. The molecular formula is C12H17N3O6. The molecule has 5 atom stereocenters. The Labute approximate surface area is 120 Å². The number of pyridine rings is 1. The van der Waals surface area contributed by atoms with Crippen LogP contribution in [0.1, 0.15) is 10.4 Å². The molecule has 0 unspecified atom stereocenters. The highest BCUT2D eigenvalue weighted by Gasteiger charge is 2.43. The van der Waals surface area contributed by atoms with Gasteiger partial charge in [0.1, 0.15) is 24.4 Å². The number of ether oxygens (including phenoxy) is 1. The average molecular weight is 299 g/mol. The molecule has 1 saturated heterocycles. The monoisotopic (exact) mass is 299 g/mol. The van der Waals surface area contributed by atoms with Crippen LogP contribution >= 0.6 is 0 Å². The number of aliphatic hydroxyl groups is 4. The lowest BCUT2D eigenvalue weighted by atomic mass is 9.99. The van der Waals surface area contributed by atoms with Crippen LogP contribution in [0.15, 0.2) is 24.5 Å². The highest BCUT2D eigenvalue weighted by molar-refractivity contribution is 5.93. The quantitative estimate of drug-likeness (QED) is 0.325. The van der Waals surface area contributed by atoms with E-state index in [1.165, 1.54) is 18.5 Å². The van der Waals surface area contributed by atoms with Gasteiger partial charge in [-0.2, -0.15) is 0 Å². The Morgan fingerprint density at radius 3 is 2.67 bits per heavy atom. The highest BCUT2D eigenvalue weighted by Crippen LogP contribution is 2.19. The zero-order chi connectivity index (χ0) is 15.4. The van der Waals surface area contributed by atoms with E-state index in [1.807, 2.05) is 0 Å². The van der Waals surface area contributed by atoms with Crippen LogP contribution < -0.4 is 10.9 Å². The summed E-state index contributed by atoms with van der Waals surface area (Å²) in [7, 11) is 0. The third-order valence-corrected chi connectivity index (χ3v) is 3.14. The summed E-state index contributed by atoms with van der Waals surface area (Å²) in [4.78, 5) is 15.6. The summed E-state index contributed by atoms with van der Waals surface area (Å²) < 4.78 is 5.17. The summed E-state index contributed by atoms with van der Waals surface area (Å²) in [5, 5.41) is 38.0. The number of hydrogen-bond acceptors (Lipinski definition) is 8. The van der Waals surface area contributed by atoms with E-state index in [2.05, 4.69) is 15.8 Å². The fourth-order valence-corrected chi connectivity index (χ4v) is 1.93. The van der Waals surface area contributed by atoms with Crippen molar-refractivity contribution in [2.45, 2.75) is 30.6 Å². The van der Waals surface area contributed by atoms with Crippen molar-refractivity contribution in [3.8, 4) is 0 Å². The highest BCUT2D eigenvalue weighted by atomic mass is 16.6. The van der Waals surface area contributed by atoms with Crippen LogP contribution in [0.25, 0.3) is 0 Å². The van der Waals surface area contributed by atoms with Crippen molar-refractivity contribution in [2.24, 2.45) is 0 Å². The fourth-order valence-electron chi connectivity index (χ4n) is 1.93. The summed E-state index contributed by atoms with van der Waals surface area (Å²) in [6, 6.07) is 3.13. The smallest absolute Gasteiger partial charge is 0.267 e. The first-order valence-electron chi connectivity index (χ1n) is 6.31. The van der Waals surface area contributed by atoms with Crippen molar-refractivity contribution in [1.82, 2.24) is 15.8 Å². The van der Waals surface area contributed by atoms with E-state index in [0.29, 0.717) is 0 Å². The molecule has 1 aliphatic heterocycles. The molecule has 116 valence electrons. The maximum absolute atomic E-state index is 11.8. The second-order valence-corrected chi connectivity index (χ2v) is 4.59. The number of nitrogens with one attached hydrogen (secondary N) is 2. The number of rotatable bonds is 4. The molecule has 1 aromatic heterocycles. The number of amides is 1. The second-order valence-electron chi connectivity index (χ2n) is 4.59. The van der Waals surface area contributed by atoms with Gasteiger partial charge in [0.2, 0.25) is 0 Å². The maximum Gasteiger partial charge on any atom is 0.267 e. The lowest BCUT2D eigenvalue weighted by Crippen LogP contribution is -2.64. The van der Waals surface area contributed by atoms with E-state index in [9.17, 15) is 20.1 Å². The van der Waals surface area contributed by atoms with Gasteiger partial charge >= 0.3 is 0 Å². The van der Waals surface area contributed by atoms with Crippen LogP contribution in [0, 0.1) is 0 Å². The van der Waals surface area contributed by atoms with Crippen LogP contribution in [0.4, 0.5) is 0 Å². The van der Waals surface area contributed by atoms with E-state index in [0.717, 1.165) is 0 Å². The second kappa shape index (κ2) is 6.89. The zero-order valence-corrected chi connectivity index (χ0v) is 11.0. The molecule has 9 heteroatoms. The van der Waals surface area contributed by atoms with E-state index in [1.54, 1.807) is 6.07 Å². The summed E-state index contributed by atoms with van der Waals surface area (Å²) in [5.74, 6) is -0.514. The molecule has 1 aromatic rings. The lowest BCUT2D eigenvalue weighted by molar-refractivity contribution is -0.238. The molecule has 1 fully saturated rings. The molecule has 1 amide bonds. The van der Waals surface area contributed by atoms with Gasteiger partial charge in [0.25, 0.3) is 5.91 Å². The molecule has 0 spiro atoms. The van der Waals surface area contributed by atoms with Gasteiger partial charge in [0.05, 0.1) is 12.2 Å². The molecule has 2 heterocycles. The number of hydrazine groups is 1. The Bertz CT molecular complexity index is 471.